The van der Waals surface area contributed by atoms with Crippen LogP contribution in [0, 0.1) is 6.92 Å². The van der Waals surface area contributed by atoms with Crippen LogP contribution >= 0.6 is 0 Å². The van der Waals surface area contributed by atoms with Gasteiger partial charge in [-0.2, -0.15) is 0 Å². The fourth-order valence-corrected chi connectivity index (χ4v) is 3.43. The second kappa shape index (κ2) is 4.61. The molecule has 1 saturated heterocycles. The van der Waals surface area contributed by atoms with Crippen molar-refractivity contribution in [3.63, 3.8) is 0 Å². The first-order chi connectivity index (χ1) is 10.3. The van der Waals surface area contributed by atoms with Crippen LogP contribution in [0.2, 0.25) is 0 Å². The molecule has 2 atom stereocenters. The van der Waals surface area contributed by atoms with E-state index in [0.29, 0.717) is 12.1 Å². The summed E-state index contributed by atoms with van der Waals surface area (Å²) in [5.41, 5.74) is 0.643. The van der Waals surface area contributed by atoms with Crippen molar-refractivity contribution in [1.82, 2.24) is 9.80 Å². The summed E-state index contributed by atoms with van der Waals surface area (Å²) in [7, 11) is 4.68. The predicted octanol–water partition coefficient (Wildman–Crippen LogP) is 0.425. The third kappa shape index (κ3) is 1.60. The van der Waals surface area contributed by atoms with Gasteiger partial charge in [-0.05, 0) is 14.0 Å². The number of nitrogens with zero attached hydrogens (tertiary/aromatic N) is 2. The van der Waals surface area contributed by atoms with Crippen LogP contribution in [-0.2, 0) is 4.79 Å². The van der Waals surface area contributed by atoms with E-state index >= 15 is 0 Å². The minimum atomic E-state index is -0.964. The second-order valence-electron chi connectivity index (χ2n) is 5.81. The lowest BCUT2D eigenvalue weighted by atomic mass is 9.81. The van der Waals surface area contributed by atoms with E-state index < -0.39 is 11.8 Å². The molecule has 7 nitrogen and oxygen atoms in total. The summed E-state index contributed by atoms with van der Waals surface area (Å²) in [5, 5.41) is 20.9. The number of methoxy groups -OCH3 is 1. The molecule has 118 valence electrons. The third-order valence-corrected chi connectivity index (χ3v) is 4.66. The van der Waals surface area contributed by atoms with Gasteiger partial charge in [-0.15, -0.1) is 0 Å². The predicted molar refractivity (Wildman–Crippen MR) is 77.3 cm³/mol. The van der Waals surface area contributed by atoms with Gasteiger partial charge in [0.25, 0.3) is 0 Å². The van der Waals surface area contributed by atoms with Gasteiger partial charge in [0, 0.05) is 24.7 Å². The average Bonchev–Trinajstić information content (AvgIpc) is 2.46. The number of benzene rings is 1. The van der Waals surface area contributed by atoms with Gasteiger partial charge >= 0.3 is 0 Å². The van der Waals surface area contributed by atoms with Gasteiger partial charge in [-0.25, -0.2) is 0 Å². The highest BCUT2D eigenvalue weighted by molar-refractivity contribution is 6.17. The maximum absolute atomic E-state index is 12.7. The minimum Gasteiger partial charge on any atom is -0.507 e. The third-order valence-electron chi connectivity index (χ3n) is 4.66. The minimum absolute atomic E-state index is 0.0327. The van der Waals surface area contributed by atoms with Crippen LogP contribution in [0.3, 0.4) is 0 Å². The molecule has 1 fully saturated rings. The summed E-state index contributed by atoms with van der Waals surface area (Å²) in [6, 6.07) is -1.34. The highest BCUT2D eigenvalue weighted by atomic mass is 16.5. The van der Waals surface area contributed by atoms with Crippen LogP contribution in [0.25, 0.3) is 0 Å². The molecule has 1 aromatic carbocycles. The van der Waals surface area contributed by atoms with Crippen LogP contribution < -0.4 is 4.74 Å². The molecule has 0 radical (unpaired) electrons. The highest BCUT2D eigenvalue weighted by Gasteiger charge is 2.50. The molecule has 0 aliphatic carbocycles. The standard InChI is InChI=1S/C15H18N2O5/c1-6-11(18)9-8(13(20)14(6)22-4)7-5-16(2)15(21)10(12(9)19)17(7)3/h7,10,18,20H,5H2,1-4H3/t7-,10-/m0/s1. The van der Waals surface area contributed by atoms with Crippen molar-refractivity contribution in [2.24, 2.45) is 0 Å². The van der Waals surface area contributed by atoms with Crippen molar-refractivity contribution < 1.29 is 24.5 Å². The number of carbonyl (C=O) groups is 2. The van der Waals surface area contributed by atoms with Gasteiger partial charge in [0.1, 0.15) is 5.75 Å². The van der Waals surface area contributed by atoms with Crippen molar-refractivity contribution in [1.29, 1.82) is 0 Å². The van der Waals surface area contributed by atoms with E-state index in [1.165, 1.54) is 12.0 Å². The molecule has 2 aliphatic rings. The van der Waals surface area contributed by atoms with Gasteiger partial charge < -0.3 is 19.8 Å². The number of phenolic OH excluding ortho intramolecular Hbond substituents is 2. The summed E-state index contributed by atoms with van der Waals surface area (Å²) < 4.78 is 5.16. The second-order valence-corrected chi connectivity index (χ2v) is 5.81. The number of fused-ring (bicyclic) bond motifs is 4. The lowest BCUT2D eigenvalue weighted by molar-refractivity contribution is -0.140. The number of amides is 1. The van der Waals surface area contributed by atoms with Crippen molar-refractivity contribution in [3.8, 4) is 17.2 Å². The first-order valence-electron chi connectivity index (χ1n) is 6.94. The number of piperazine rings is 1. The Bertz CT molecular complexity index is 700. The van der Waals surface area contributed by atoms with Gasteiger partial charge in [-0.1, -0.05) is 0 Å². The quantitative estimate of drug-likeness (QED) is 0.577. The molecule has 2 heterocycles. The molecule has 2 aliphatic heterocycles. The number of carbonyl (C=O) groups excluding carboxylic acids is 2. The maximum Gasteiger partial charge on any atom is 0.247 e. The largest absolute Gasteiger partial charge is 0.507 e. The van der Waals surface area contributed by atoms with E-state index in [-0.39, 0.29) is 40.3 Å². The molecule has 1 amide bonds. The Kier molecular flexibility index (Phi) is 3.07. The molecule has 0 saturated carbocycles. The molecule has 7 heteroatoms. The van der Waals surface area contributed by atoms with Crippen LogP contribution in [0.5, 0.6) is 17.2 Å². The Labute approximate surface area is 127 Å². The van der Waals surface area contributed by atoms with Crippen molar-refractivity contribution in [2.45, 2.75) is 19.0 Å². The Hall–Kier alpha value is -2.28. The Morgan fingerprint density at radius 2 is 1.82 bits per heavy atom. The Morgan fingerprint density at radius 3 is 2.41 bits per heavy atom. The molecular weight excluding hydrogens is 288 g/mol. The summed E-state index contributed by atoms with van der Waals surface area (Å²) >= 11 is 0. The van der Waals surface area contributed by atoms with Crippen LogP contribution in [-0.4, -0.2) is 65.5 Å². The zero-order chi connectivity index (χ0) is 16.3. The van der Waals surface area contributed by atoms with Gasteiger partial charge in [0.15, 0.2) is 23.3 Å². The fourth-order valence-electron chi connectivity index (χ4n) is 3.43. The normalized spacial score (nSPS) is 24.5. The van der Waals surface area contributed by atoms with E-state index in [2.05, 4.69) is 0 Å². The lowest BCUT2D eigenvalue weighted by Crippen LogP contribution is -2.61. The summed E-state index contributed by atoms with van der Waals surface area (Å²) in [6.07, 6.45) is 0. The van der Waals surface area contributed by atoms with Gasteiger partial charge in [0.2, 0.25) is 5.91 Å². The van der Waals surface area contributed by atoms with Crippen molar-refractivity contribution >= 4 is 11.7 Å². The molecule has 2 bridgehead atoms. The molecule has 0 aromatic heterocycles. The topological polar surface area (TPSA) is 90.3 Å². The van der Waals surface area contributed by atoms with E-state index in [1.807, 2.05) is 0 Å². The molecule has 1 aromatic rings. The number of phenols is 2. The van der Waals surface area contributed by atoms with E-state index in [0.717, 1.165) is 0 Å². The summed E-state index contributed by atoms with van der Waals surface area (Å²) in [5.74, 6) is -1.03. The first-order valence-corrected chi connectivity index (χ1v) is 6.94. The average molecular weight is 306 g/mol. The smallest absolute Gasteiger partial charge is 0.247 e. The Balaban J connectivity index is 2.35. The number of likely N-dealkylation sites (N-methyl/N-ethyl adjacent to an activating group) is 2. The van der Waals surface area contributed by atoms with Crippen LogP contribution in [0.1, 0.15) is 27.5 Å². The van der Waals surface area contributed by atoms with Gasteiger partial charge in [-0.3, -0.25) is 14.5 Å². The van der Waals surface area contributed by atoms with Crippen LogP contribution in [0.4, 0.5) is 0 Å². The fraction of sp³-hybridized carbons (Fsp3) is 0.467. The Morgan fingerprint density at radius 1 is 1.18 bits per heavy atom. The number of ketones is 1. The monoisotopic (exact) mass is 306 g/mol. The van der Waals surface area contributed by atoms with E-state index in [9.17, 15) is 19.8 Å². The van der Waals surface area contributed by atoms with Crippen molar-refractivity contribution in [3.05, 3.63) is 16.7 Å². The molecule has 3 rings (SSSR count). The molecular formula is C15H18N2O5. The number of ether oxygens (including phenoxy) is 1. The lowest BCUT2D eigenvalue weighted by Gasteiger charge is -2.46. The molecule has 22 heavy (non-hydrogen) atoms. The van der Waals surface area contributed by atoms with Gasteiger partial charge in [0.05, 0.1) is 18.7 Å². The summed E-state index contributed by atoms with van der Waals surface area (Å²) in [6.45, 7) is 1.88. The number of hydrogen-bond acceptors (Lipinski definition) is 6. The maximum atomic E-state index is 12.7. The number of hydrogen-bond donors (Lipinski definition) is 2. The molecule has 0 unspecified atom stereocenters. The van der Waals surface area contributed by atoms with Crippen molar-refractivity contribution in [2.75, 3.05) is 27.7 Å². The zero-order valence-corrected chi connectivity index (χ0v) is 12.9. The van der Waals surface area contributed by atoms with E-state index in [4.69, 9.17) is 4.74 Å². The summed E-state index contributed by atoms with van der Waals surface area (Å²) in [4.78, 5) is 28.1. The highest BCUT2D eigenvalue weighted by Crippen LogP contribution is 2.50. The number of rotatable bonds is 1. The van der Waals surface area contributed by atoms with E-state index in [1.54, 1.807) is 25.9 Å². The van der Waals surface area contributed by atoms with Crippen LogP contribution in [0.15, 0.2) is 0 Å². The molecule has 2 N–H and O–H groups in total. The zero-order valence-electron chi connectivity index (χ0n) is 12.9. The molecule has 0 spiro atoms. The number of Topliss-reactive ketones (excluding diaryl/α,β-unsaturated/α-hetero) is 1. The first kappa shape index (κ1) is 14.6. The SMILES string of the molecule is COc1c(C)c(O)c2c(c1O)[C@@H]1CN(C)C(=O)[C@H](C2=O)N1C. The number of aromatic hydroxyl groups is 2.